The summed E-state index contributed by atoms with van der Waals surface area (Å²) in [5.74, 6) is 0.408. The molecule has 22 heavy (non-hydrogen) atoms. The van der Waals surface area contributed by atoms with Crippen LogP contribution in [0, 0.1) is 0 Å². The summed E-state index contributed by atoms with van der Waals surface area (Å²) in [5, 5.41) is 13.6. The zero-order valence-corrected chi connectivity index (χ0v) is 15.3. The topological polar surface area (TPSA) is 46.2 Å². The Morgan fingerprint density at radius 1 is 1.00 bits per heavy atom. The number of nitrogens with two attached hydrogens (primary N) is 1. The molecule has 3 N–H and O–H groups in total. The zero-order chi connectivity index (χ0) is 16.7. The summed E-state index contributed by atoms with van der Waals surface area (Å²) in [6.07, 6.45) is 0.675. The summed E-state index contributed by atoms with van der Waals surface area (Å²) in [6.45, 7) is 13.0. The van der Waals surface area contributed by atoms with Crippen molar-refractivity contribution in [3.8, 4) is 5.75 Å². The quantitative estimate of drug-likeness (QED) is 0.797. The van der Waals surface area contributed by atoms with Gasteiger partial charge in [-0.05, 0) is 44.5 Å². The van der Waals surface area contributed by atoms with Crippen LogP contribution in [0.3, 0.4) is 0 Å². The molecule has 0 saturated carbocycles. The fraction of sp³-hybridized carbons (Fsp3) is 0.474. The van der Waals surface area contributed by atoms with Gasteiger partial charge < -0.3 is 10.8 Å². The van der Waals surface area contributed by atoms with Gasteiger partial charge in [-0.3, -0.25) is 0 Å². The minimum Gasteiger partial charge on any atom is -0.507 e. The van der Waals surface area contributed by atoms with Gasteiger partial charge in [0.25, 0.3) is 0 Å². The lowest BCUT2D eigenvalue weighted by atomic mass is 9.78. The number of hydrogen-bond donors (Lipinski definition) is 2. The highest BCUT2D eigenvalue weighted by atomic mass is 32.1. The second kappa shape index (κ2) is 5.62. The van der Waals surface area contributed by atoms with Gasteiger partial charge >= 0.3 is 0 Å². The van der Waals surface area contributed by atoms with Crippen molar-refractivity contribution >= 4 is 16.3 Å². The molecule has 2 aromatic rings. The second-order valence-electron chi connectivity index (χ2n) is 8.02. The average Bonchev–Trinajstić information content (AvgIpc) is 2.74. The number of rotatable bonds is 2. The lowest BCUT2D eigenvalue weighted by molar-refractivity contribution is 0.439. The normalized spacial score (nSPS) is 12.6. The summed E-state index contributed by atoms with van der Waals surface area (Å²) >= 11 is 1.55. The largest absolute Gasteiger partial charge is 0.507 e. The average molecular weight is 317 g/mol. The molecule has 0 amide bonds. The van der Waals surface area contributed by atoms with E-state index in [1.807, 2.05) is 11.4 Å². The number of anilines is 1. The lowest BCUT2D eigenvalue weighted by Crippen LogP contribution is -2.17. The van der Waals surface area contributed by atoms with E-state index in [4.69, 9.17) is 5.73 Å². The molecule has 3 heteroatoms. The van der Waals surface area contributed by atoms with Crippen LogP contribution in [-0.2, 0) is 17.3 Å². The van der Waals surface area contributed by atoms with Crippen molar-refractivity contribution in [2.45, 2.75) is 58.8 Å². The number of nitrogen functional groups attached to an aromatic ring is 1. The predicted molar refractivity (Wildman–Crippen MR) is 97.0 cm³/mol. The smallest absolute Gasteiger partial charge is 0.122 e. The third kappa shape index (κ3) is 3.46. The summed E-state index contributed by atoms with van der Waals surface area (Å²) < 4.78 is 0. The molecule has 0 radical (unpaired) electrons. The fourth-order valence-electron chi connectivity index (χ4n) is 2.53. The number of aromatic hydroxyl groups is 1. The Hall–Kier alpha value is -1.48. The van der Waals surface area contributed by atoms with Crippen LogP contribution in [0.15, 0.2) is 23.6 Å². The maximum atomic E-state index is 10.8. The summed E-state index contributed by atoms with van der Waals surface area (Å²) in [6, 6.07) is 6.32. The van der Waals surface area contributed by atoms with Crippen molar-refractivity contribution in [1.82, 2.24) is 0 Å². The Bertz CT molecular complexity index is 672. The molecular formula is C19H27NOS. The van der Waals surface area contributed by atoms with Gasteiger partial charge in [-0.15, -0.1) is 11.3 Å². The Labute approximate surface area is 138 Å². The van der Waals surface area contributed by atoms with Gasteiger partial charge in [-0.25, -0.2) is 0 Å². The molecule has 0 spiro atoms. The van der Waals surface area contributed by atoms with Crippen LogP contribution in [0.25, 0.3) is 0 Å². The SMILES string of the molecule is CC(C)(C)c1cc(Cc2ccsc2N)c(O)c(C(C)(C)C)c1. The maximum Gasteiger partial charge on any atom is 0.122 e. The Kier molecular flexibility index (Phi) is 4.31. The Balaban J connectivity index is 2.59. The molecule has 0 aliphatic heterocycles. The van der Waals surface area contributed by atoms with Crippen LogP contribution in [0.2, 0.25) is 0 Å². The first-order valence-corrected chi connectivity index (χ1v) is 8.57. The summed E-state index contributed by atoms with van der Waals surface area (Å²) in [5.41, 5.74) is 10.3. The lowest BCUT2D eigenvalue weighted by Gasteiger charge is -2.27. The van der Waals surface area contributed by atoms with Crippen molar-refractivity contribution in [1.29, 1.82) is 0 Å². The molecular weight excluding hydrogens is 290 g/mol. The number of benzene rings is 1. The van der Waals surface area contributed by atoms with Crippen LogP contribution >= 0.6 is 11.3 Å². The molecule has 0 saturated heterocycles. The fourth-order valence-corrected chi connectivity index (χ4v) is 3.20. The molecule has 0 bridgehead atoms. The highest BCUT2D eigenvalue weighted by molar-refractivity contribution is 7.14. The van der Waals surface area contributed by atoms with Gasteiger partial charge in [0.2, 0.25) is 0 Å². The molecule has 0 unspecified atom stereocenters. The molecule has 0 aliphatic rings. The van der Waals surface area contributed by atoms with Gasteiger partial charge in [0.1, 0.15) is 5.75 Å². The first-order chi connectivity index (χ1) is 10.00. The minimum atomic E-state index is -0.0969. The van der Waals surface area contributed by atoms with Crippen molar-refractivity contribution in [2.75, 3.05) is 5.73 Å². The van der Waals surface area contributed by atoms with Crippen molar-refractivity contribution in [3.05, 3.63) is 45.8 Å². The summed E-state index contributed by atoms with van der Waals surface area (Å²) in [7, 11) is 0. The van der Waals surface area contributed by atoms with Crippen molar-refractivity contribution in [3.63, 3.8) is 0 Å². The third-order valence-corrected chi connectivity index (χ3v) is 4.81. The molecule has 1 aromatic heterocycles. The van der Waals surface area contributed by atoms with Crippen LogP contribution < -0.4 is 5.73 Å². The van der Waals surface area contributed by atoms with E-state index in [0.29, 0.717) is 12.2 Å². The predicted octanol–water partition coefficient (Wildman–Crippen LogP) is 5.22. The van der Waals surface area contributed by atoms with Gasteiger partial charge in [-0.1, -0.05) is 53.7 Å². The Morgan fingerprint density at radius 3 is 2.09 bits per heavy atom. The van der Waals surface area contributed by atoms with Gasteiger partial charge in [-0.2, -0.15) is 0 Å². The minimum absolute atomic E-state index is 0.0443. The second-order valence-corrected chi connectivity index (χ2v) is 8.97. The van der Waals surface area contributed by atoms with E-state index in [1.165, 1.54) is 5.56 Å². The van der Waals surface area contributed by atoms with E-state index in [2.05, 4.69) is 53.7 Å². The van der Waals surface area contributed by atoms with E-state index < -0.39 is 0 Å². The standard InChI is InChI=1S/C19H27NOS/c1-18(2,3)14-10-13(9-12-7-8-22-17(12)20)16(21)15(11-14)19(4,5)6/h7-8,10-11,21H,9,20H2,1-6H3. The molecule has 1 heterocycles. The van der Waals surface area contributed by atoms with Crippen molar-refractivity contribution < 1.29 is 5.11 Å². The van der Waals surface area contributed by atoms with Crippen LogP contribution in [0.1, 0.15) is 63.8 Å². The first-order valence-electron chi connectivity index (χ1n) is 7.69. The van der Waals surface area contributed by atoms with Crippen LogP contribution in [0.4, 0.5) is 5.00 Å². The van der Waals surface area contributed by atoms with Gasteiger partial charge in [0.05, 0.1) is 5.00 Å². The maximum absolute atomic E-state index is 10.8. The number of phenolic OH excluding ortho intramolecular Hbond substituents is 1. The van der Waals surface area contributed by atoms with Gasteiger partial charge in [0, 0.05) is 6.42 Å². The molecule has 0 aliphatic carbocycles. The van der Waals surface area contributed by atoms with Crippen LogP contribution in [-0.4, -0.2) is 5.11 Å². The first kappa shape index (κ1) is 16.9. The molecule has 120 valence electrons. The molecule has 0 atom stereocenters. The van der Waals surface area contributed by atoms with Crippen LogP contribution in [0.5, 0.6) is 5.75 Å². The van der Waals surface area contributed by atoms with E-state index in [0.717, 1.165) is 21.7 Å². The number of thiophene rings is 1. The third-order valence-electron chi connectivity index (χ3n) is 4.02. The summed E-state index contributed by atoms with van der Waals surface area (Å²) in [4.78, 5) is 0. The highest BCUT2D eigenvalue weighted by Gasteiger charge is 2.25. The Morgan fingerprint density at radius 2 is 1.64 bits per heavy atom. The van der Waals surface area contributed by atoms with E-state index in [9.17, 15) is 5.11 Å². The number of phenols is 1. The molecule has 0 fully saturated rings. The zero-order valence-electron chi connectivity index (χ0n) is 14.4. The van der Waals surface area contributed by atoms with E-state index in [1.54, 1.807) is 11.3 Å². The monoisotopic (exact) mass is 317 g/mol. The molecule has 2 nitrogen and oxygen atoms in total. The highest BCUT2D eigenvalue weighted by Crippen LogP contribution is 2.39. The molecule has 2 rings (SSSR count). The van der Waals surface area contributed by atoms with E-state index in [-0.39, 0.29) is 10.8 Å². The van der Waals surface area contributed by atoms with Crippen molar-refractivity contribution in [2.24, 2.45) is 0 Å². The van der Waals surface area contributed by atoms with E-state index >= 15 is 0 Å². The number of hydrogen-bond acceptors (Lipinski definition) is 3. The van der Waals surface area contributed by atoms with Gasteiger partial charge in [0.15, 0.2) is 0 Å². The molecule has 1 aromatic carbocycles.